The predicted octanol–water partition coefficient (Wildman–Crippen LogP) is 4.96. The van der Waals surface area contributed by atoms with Gasteiger partial charge in [0.1, 0.15) is 11.3 Å². The van der Waals surface area contributed by atoms with Crippen molar-refractivity contribution in [2.75, 3.05) is 0 Å². The highest BCUT2D eigenvalue weighted by molar-refractivity contribution is 5.41. The number of nitro groups is 1. The van der Waals surface area contributed by atoms with Crippen LogP contribution in [0.3, 0.4) is 0 Å². The van der Waals surface area contributed by atoms with Gasteiger partial charge >= 0.3 is 6.18 Å². The lowest BCUT2D eigenvalue weighted by Gasteiger charge is -2.14. The Morgan fingerprint density at radius 2 is 1.33 bits per heavy atom. The highest BCUT2D eigenvalue weighted by Gasteiger charge is 2.42. The topological polar surface area (TPSA) is 52.4 Å². The van der Waals surface area contributed by atoms with Crippen LogP contribution >= 0.6 is 0 Å². The predicted molar refractivity (Wildman–Crippen MR) is 64.4 cm³/mol. The lowest BCUT2D eigenvalue weighted by Crippen LogP contribution is -2.15. The maximum atomic E-state index is 13.6. The largest absolute Gasteiger partial charge is 0.451 e. The Bertz CT molecular complexity index is 774. The van der Waals surface area contributed by atoms with Crippen LogP contribution in [-0.4, -0.2) is 4.92 Å². The summed E-state index contributed by atoms with van der Waals surface area (Å²) in [5.74, 6) is -12.3. The first kappa shape index (κ1) is 17.5. The molecule has 2 aromatic carbocycles. The maximum Gasteiger partial charge on any atom is 0.422 e. The van der Waals surface area contributed by atoms with Crippen molar-refractivity contribution < 1.29 is 40.4 Å². The number of non-ortho nitro benzene ring substituents is 1. The van der Waals surface area contributed by atoms with Crippen LogP contribution in [-0.2, 0) is 6.18 Å². The quantitative estimate of drug-likeness (QED) is 0.338. The molecule has 0 atom stereocenters. The Kier molecular flexibility index (Phi) is 4.36. The minimum absolute atomic E-state index is 0.423. The second-order valence-corrected chi connectivity index (χ2v) is 4.31. The van der Waals surface area contributed by atoms with E-state index in [1.54, 1.807) is 0 Å². The zero-order valence-electron chi connectivity index (χ0n) is 11.1. The van der Waals surface area contributed by atoms with Crippen molar-refractivity contribution in [3.8, 4) is 11.5 Å². The fourth-order valence-corrected chi connectivity index (χ4v) is 1.70. The number of halogens is 7. The number of alkyl halides is 3. The molecular formula is C13H4F7NO3. The van der Waals surface area contributed by atoms with Crippen LogP contribution in [0.5, 0.6) is 11.5 Å². The molecule has 0 spiro atoms. The van der Waals surface area contributed by atoms with Gasteiger partial charge in [0, 0.05) is 12.1 Å². The summed E-state index contributed by atoms with van der Waals surface area (Å²) in [6, 6.07) is 3.37. The molecule has 0 aliphatic carbocycles. The van der Waals surface area contributed by atoms with E-state index in [1.165, 1.54) is 0 Å². The molecule has 0 amide bonds. The van der Waals surface area contributed by atoms with E-state index in [0.29, 0.717) is 0 Å². The number of nitro benzene ring substituents is 1. The van der Waals surface area contributed by atoms with E-state index in [9.17, 15) is 40.8 Å². The Morgan fingerprint density at radius 3 is 1.71 bits per heavy atom. The Hall–Kier alpha value is -2.85. The van der Waals surface area contributed by atoms with Crippen LogP contribution in [0, 0.1) is 33.4 Å². The average Bonchev–Trinajstić information content (AvgIpc) is 2.49. The number of benzene rings is 2. The van der Waals surface area contributed by atoms with Gasteiger partial charge in [-0.3, -0.25) is 10.1 Å². The van der Waals surface area contributed by atoms with Crippen LogP contribution in [0.1, 0.15) is 5.56 Å². The molecule has 0 fully saturated rings. The first-order chi connectivity index (χ1) is 11.0. The summed E-state index contributed by atoms with van der Waals surface area (Å²) in [4.78, 5) is 9.64. The molecule has 0 unspecified atom stereocenters. The second-order valence-electron chi connectivity index (χ2n) is 4.31. The van der Waals surface area contributed by atoms with E-state index in [1.807, 2.05) is 0 Å². The van der Waals surface area contributed by atoms with Crippen molar-refractivity contribution >= 4 is 5.69 Å². The first-order valence-corrected chi connectivity index (χ1v) is 5.89. The second kappa shape index (κ2) is 5.98. The van der Waals surface area contributed by atoms with Crippen molar-refractivity contribution in [3.63, 3.8) is 0 Å². The van der Waals surface area contributed by atoms with Gasteiger partial charge in [-0.1, -0.05) is 0 Å². The average molecular weight is 355 g/mol. The standard InChI is InChI=1S/C13H4F7NO3/c14-8-7(13(18,19)20)9(15)11(17)12(10(8)16)24-6-3-1-5(2-4-6)21(22)23/h1-4H. The molecule has 0 N–H and O–H groups in total. The lowest BCUT2D eigenvalue weighted by atomic mass is 10.1. The van der Waals surface area contributed by atoms with Gasteiger partial charge in [0.2, 0.25) is 17.4 Å². The van der Waals surface area contributed by atoms with E-state index in [0.717, 1.165) is 24.3 Å². The molecule has 0 bridgehead atoms. The summed E-state index contributed by atoms with van der Waals surface area (Å²) in [5.41, 5.74) is -3.15. The summed E-state index contributed by atoms with van der Waals surface area (Å²) in [5, 5.41) is 10.4. The third-order valence-corrected chi connectivity index (χ3v) is 2.77. The van der Waals surface area contributed by atoms with Gasteiger partial charge < -0.3 is 4.74 Å². The molecule has 128 valence electrons. The molecule has 0 aliphatic heterocycles. The van der Waals surface area contributed by atoms with E-state index < -0.39 is 57.1 Å². The van der Waals surface area contributed by atoms with Crippen LogP contribution in [0.25, 0.3) is 0 Å². The Balaban J connectivity index is 2.50. The zero-order valence-corrected chi connectivity index (χ0v) is 11.1. The maximum absolute atomic E-state index is 13.6. The molecule has 0 aromatic heterocycles. The van der Waals surface area contributed by atoms with Crippen LogP contribution in [0.2, 0.25) is 0 Å². The summed E-state index contributed by atoms with van der Waals surface area (Å²) in [6.07, 6.45) is -5.66. The number of hydrogen-bond acceptors (Lipinski definition) is 3. The molecule has 4 nitrogen and oxygen atoms in total. The van der Waals surface area contributed by atoms with E-state index in [4.69, 9.17) is 0 Å². The third kappa shape index (κ3) is 3.09. The number of ether oxygens (including phenoxy) is 1. The van der Waals surface area contributed by atoms with Crippen molar-refractivity contribution in [2.24, 2.45) is 0 Å². The van der Waals surface area contributed by atoms with E-state index in [-0.39, 0.29) is 0 Å². The van der Waals surface area contributed by atoms with Crippen molar-refractivity contribution in [1.29, 1.82) is 0 Å². The highest BCUT2D eigenvalue weighted by atomic mass is 19.4. The molecule has 11 heteroatoms. The summed E-state index contributed by atoms with van der Waals surface area (Å²) in [6.45, 7) is 0. The van der Waals surface area contributed by atoms with Gasteiger partial charge in [0.05, 0.1) is 4.92 Å². The SMILES string of the molecule is O=[N+]([O-])c1ccc(Oc2c(F)c(F)c(C(F)(F)F)c(F)c2F)cc1. The Labute approximate surface area is 128 Å². The minimum Gasteiger partial charge on any atom is -0.451 e. The van der Waals surface area contributed by atoms with Crippen LogP contribution in [0.4, 0.5) is 36.4 Å². The Morgan fingerprint density at radius 1 is 0.875 bits per heavy atom. The molecule has 0 saturated heterocycles. The van der Waals surface area contributed by atoms with Crippen molar-refractivity contribution in [1.82, 2.24) is 0 Å². The lowest BCUT2D eigenvalue weighted by molar-refractivity contribution is -0.384. The molecule has 0 aliphatic rings. The summed E-state index contributed by atoms with van der Waals surface area (Å²) < 4.78 is 95.8. The molecule has 0 radical (unpaired) electrons. The van der Waals surface area contributed by atoms with Gasteiger partial charge in [-0.05, 0) is 12.1 Å². The highest BCUT2D eigenvalue weighted by Crippen LogP contribution is 2.40. The molecule has 0 saturated carbocycles. The number of rotatable bonds is 3. The van der Waals surface area contributed by atoms with Gasteiger partial charge in [-0.2, -0.15) is 22.0 Å². The number of nitrogens with zero attached hydrogens (tertiary/aromatic N) is 1. The van der Waals surface area contributed by atoms with Crippen molar-refractivity contribution in [2.45, 2.75) is 6.18 Å². The van der Waals surface area contributed by atoms with Crippen LogP contribution in [0.15, 0.2) is 24.3 Å². The number of hydrogen-bond donors (Lipinski definition) is 0. The zero-order chi connectivity index (χ0) is 18.2. The molecule has 0 heterocycles. The monoisotopic (exact) mass is 355 g/mol. The molecule has 24 heavy (non-hydrogen) atoms. The van der Waals surface area contributed by atoms with Gasteiger partial charge in [0.25, 0.3) is 5.69 Å². The fourth-order valence-electron chi connectivity index (χ4n) is 1.70. The van der Waals surface area contributed by atoms with E-state index in [2.05, 4.69) is 4.74 Å². The summed E-state index contributed by atoms with van der Waals surface area (Å²) >= 11 is 0. The minimum atomic E-state index is -5.66. The molecule has 2 rings (SSSR count). The van der Waals surface area contributed by atoms with Gasteiger partial charge in [-0.25, -0.2) is 8.78 Å². The molecule has 2 aromatic rings. The van der Waals surface area contributed by atoms with Crippen molar-refractivity contribution in [3.05, 3.63) is 63.2 Å². The molecular weight excluding hydrogens is 351 g/mol. The first-order valence-electron chi connectivity index (χ1n) is 5.89. The van der Waals surface area contributed by atoms with E-state index >= 15 is 0 Å². The summed E-state index contributed by atoms with van der Waals surface area (Å²) in [7, 11) is 0. The van der Waals surface area contributed by atoms with Crippen LogP contribution < -0.4 is 4.74 Å². The van der Waals surface area contributed by atoms with Gasteiger partial charge in [0.15, 0.2) is 11.6 Å². The third-order valence-electron chi connectivity index (χ3n) is 2.77. The normalized spacial score (nSPS) is 11.5. The fraction of sp³-hybridized carbons (Fsp3) is 0.0769. The van der Waals surface area contributed by atoms with Gasteiger partial charge in [-0.15, -0.1) is 0 Å². The smallest absolute Gasteiger partial charge is 0.422 e.